The van der Waals surface area contributed by atoms with Gasteiger partial charge in [0, 0.05) is 48.7 Å². The van der Waals surface area contributed by atoms with Crippen molar-refractivity contribution in [3.8, 4) is 5.88 Å². The molecule has 4 heterocycles. The second kappa shape index (κ2) is 8.88. The van der Waals surface area contributed by atoms with E-state index in [1.165, 1.54) is 5.01 Å². The number of piperidine rings is 1. The average molecular weight is 457 g/mol. The van der Waals surface area contributed by atoms with Crippen LogP contribution in [0.25, 0.3) is 0 Å². The van der Waals surface area contributed by atoms with Gasteiger partial charge in [0.15, 0.2) is 0 Å². The molecule has 0 saturated carbocycles. The van der Waals surface area contributed by atoms with Crippen LogP contribution in [0, 0.1) is 0 Å². The number of hydrogen-bond acceptors (Lipinski definition) is 6. The topological polar surface area (TPSA) is 91.8 Å². The van der Waals surface area contributed by atoms with Crippen LogP contribution in [0.3, 0.4) is 0 Å². The molecule has 9 heteroatoms. The van der Waals surface area contributed by atoms with Gasteiger partial charge in [0.05, 0.1) is 13.7 Å². The second-order valence-corrected chi connectivity index (χ2v) is 8.23. The largest absolute Gasteiger partial charge is 0.481 e. The minimum atomic E-state index is -0.302. The maximum atomic E-state index is 12.9. The van der Waals surface area contributed by atoms with Crippen molar-refractivity contribution >= 4 is 30.1 Å². The lowest BCUT2D eigenvalue weighted by atomic mass is 9.95. The fraction of sp³-hybridized carbons (Fsp3) is 0.391. The number of benzene rings is 1. The van der Waals surface area contributed by atoms with Gasteiger partial charge < -0.3 is 10.1 Å². The fourth-order valence-electron chi connectivity index (χ4n) is 4.70. The number of imide groups is 1. The summed E-state index contributed by atoms with van der Waals surface area (Å²) in [6.07, 6.45) is 2.02. The lowest BCUT2D eigenvalue weighted by molar-refractivity contribution is -0.163. The Hall–Kier alpha value is -2.97. The summed E-state index contributed by atoms with van der Waals surface area (Å²) in [4.78, 5) is 42.0. The van der Waals surface area contributed by atoms with Crippen molar-refractivity contribution < 1.29 is 19.1 Å². The maximum absolute atomic E-state index is 12.9. The van der Waals surface area contributed by atoms with Crippen LogP contribution < -0.4 is 10.1 Å². The zero-order valence-corrected chi connectivity index (χ0v) is 18.6. The Morgan fingerprint density at radius 1 is 1.09 bits per heavy atom. The van der Waals surface area contributed by atoms with Gasteiger partial charge in [-0.15, -0.1) is 12.4 Å². The highest BCUT2D eigenvalue weighted by Crippen LogP contribution is 2.36. The predicted octanol–water partition coefficient (Wildman–Crippen LogP) is 2.74. The molecular weight excluding hydrogens is 432 g/mol. The van der Waals surface area contributed by atoms with E-state index in [9.17, 15) is 14.4 Å². The van der Waals surface area contributed by atoms with E-state index in [1.807, 2.05) is 36.4 Å². The molecule has 168 valence electrons. The molecule has 0 bridgehead atoms. The van der Waals surface area contributed by atoms with Crippen molar-refractivity contribution in [3.63, 3.8) is 0 Å². The summed E-state index contributed by atoms with van der Waals surface area (Å²) in [6.45, 7) is 1.05. The van der Waals surface area contributed by atoms with Gasteiger partial charge in [-0.1, -0.05) is 18.2 Å². The van der Waals surface area contributed by atoms with E-state index in [-0.39, 0.29) is 48.6 Å². The van der Waals surface area contributed by atoms with Crippen molar-refractivity contribution in [2.24, 2.45) is 0 Å². The number of hydrogen-bond donors (Lipinski definition) is 1. The Bertz CT molecular complexity index is 1060. The highest BCUT2D eigenvalue weighted by molar-refractivity contribution is 6.04. The molecule has 32 heavy (non-hydrogen) atoms. The molecule has 5 rings (SSSR count). The second-order valence-electron chi connectivity index (χ2n) is 8.23. The molecule has 2 unspecified atom stereocenters. The minimum Gasteiger partial charge on any atom is -0.481 e. The maximum Gasteiger partial charge on any atom is 0.273 e. The third-order valence-electron chi connectivity index (χ3n) is 6.32. The van der Waals surface area contributed by atoms with Gasteiger partial charge in [-0.05, 0) is 36.1 Å². The monoisotopic (exact) mass is 456 g/mol. The standard InChI is InChI=1S/C23H24N4O4.ClH/c1-31-20-5-2-4-18(25-20)15-11-19(24-12-15)14-8-9-17-16(10-14)13-26(23(17)30)27-21(28)6-3-7-22(27)29;/h2,4-5,8-10,15,19,24H,3,6-7,11-13H2,1H3;1H. The summed E-state index contributed by atoms with van der Waals surface area (Å²) in [5, 5.41) is 5.89. The molecule has 2 saturated heterocycles. The van der Waals surface area contributed by atoms with Crippen LogP contribution in [0.15, 0.2) is 36.4 Å². The van der Waals surface area contributed by atoms with Crippen molar-refractivity contribution in [1.82, 2.24) is 20.3 Å². The van der Waals surface area contributed by atoms with Crippen molar-refractivity contribution in [3.05, 3.63) is 58.8 Å². The van der Waals surface area contributed by atoms with Gasteiger partial charge in [0.1, 0.15) is 0 Å². The summed E-state index contributed by atoms with van der Waals surface area (Å²) in [7, 11) is 1.61. The first-order valence-electron chi connectivity index (χ1n) is 10.6. The Kier molecular flexibility index (Phi) is 6.17. The number of methoxy groups -OCH3 is 1. The van der Waals surface area contributed by atoms with Crippen LogP contribution in [0.2, 0.25) is 0 Å². The highest BCUT2D eigenvalue weighted by Gasteiger charge is 2.39. The van der Waals surface area contributed by atoms with Crippen LogP contribution in [-0.2, 0) is 16.1 Å². The number of halogens is 1. The normalized spacial score (nSPS) is 22.7. The Labute approximate surface area is 192 Å². The Balaban J connectivity index is 0.00000245. The number of pyridine rings is 1. The molecule has 2 fully saturated rings. The van der Waals surface area contributed by atoms with Crippen LogP contribution in [0.4, 0.5) is 0 Å². The molecule has 2 aromatic rings. The summed E-state index contributed by atoms with van der Waals surface area (Å²) in [5.41, 5.74) is 3.49. The number of nitrogens with one attached hydrogen (secondary N) is 1. The van der Waals surface area contributed by atoms with Gasteiger partial charge in [-0.2, -0.15) is 5.01 Å². The molecule has 3 amide bonds. The van der Waals surface area contributed by atoms with E-state index in [0.717, 1.165) is 34.8 Å². The smallest absolute Gasteiger partial charge is 0.273 e. The number of rotatable bonds is 4. The van der Waals surface area contributed by atoms with Gasteiger partial charge in [0.2, 0.25) is 17.7 Å². The summed E-state index contributed by atoms with van der Waals surface area (Å²) >= 11 is 0. The Morgan fingerprint density at radius 2 is 1.88 bits per heavy atom. The number of ether oxygens (including phenoxy) is 1. The van der Waals surface area contributed by atoms with Gasteiger partial charge in [0.25, 0.3) is 5.91 Å². The van der Waals surface area contributed by atoms with E-state index in [2.05, 4.69) is 10.3 Å². The molecule has 1 N–H and O–H groups in total. The van der Waals surface area contributed by atoms with Crippen molar-refractivity contribution in [2.45, 2.75) is 44.2 Å². The quantitative estimate of drug-likeness (QED) is 0.711. The lowest BCUT2D eigenvalue weighted by Gasteiger charge is -2.32. The average Bonchev–Trinajstić information content (AvgIpc) is 3.39. The molecule has 1 aromatic heterocycles. The fourth-order valence-corrected chi connectivity index (χ4v) is 4.70. The Morgan fingerprint density at radius 3 is 2.62 bits per heavy atom. The van der Waals surface area contributed by atoms with E-state index in [0.29, 0.717) is 30.7 Å². The van der Waals surface area contributed by atoms with Gasteiger partial charge in [-0.25, -0.2) is 9.99 Å². The molecule has 3 aliphatic rings. The number of fused-ring (bicyclic) bond motifs is 1. The first-order chi connectivity index (χ1) is 15.0. The first-order valence-corrected chi connectivity index (χ1v) is 10.6. The van der Waals surface area contributed by atoms with E-state index in [1.54, 1.807) is 7.11 Å². The molecule has 0 radical (unpaired) electrons. The SMILES string of the molecule is COc1cccc(C2CNC(c3ccc4c(c3)CN(N3C(=O)CCCC3=O)C4=O)C2)n1.Cl. The van der Waals surface area contributed by atoms with Crippen LogP contribution in [0.1, 0.15) is 64.8 Å². The zero-order valence-electron chi connectivity index (χ0n) is 17.7. The van der Waals surface area contributed by atoms with Crippen molar-refractivity contribution in [2.75, 3.05) is 13.7 Å². The highest BCUT2D eigenvalue weighted by atomic mass is 35.5. The van der Waals surface area contributed by atoms with E-state index in [4.69, 9.17) is 4.74 Å². The molecule has 0 aliphatic carbocycles. The molecule has 0 spiro atoms. The molecule has 8 nitrogen and oxygen atoms in total. The molecular formula is C23H25ClN4O4. The summed E-state index contributed by atoms with van der Waals surface area (Å²) < 4.78 is 5.24. The summed E-state index contributed by atoms with van der Waals surface area (Å²) in [5.74, 6) is -0.00982. The summed E-state index contributed by atoms with van der Waals surface area (Å²) in [6, 6.07) is 11.7. The predicted molar refractivity (Wildman–Crippen MR) is 118 cm³/mol. The van der Waals surface area contributed by atoms with Gasteiger partial charge in [-0.3, -0.25) is 14.4 Å². The van der Waals surface area contributed by atoms with Crippen LogP contribution >= 0.6 is 12.4 Å². The number of hydrazine groups is 1. The number of carbonyl (C=O) groups is 3. The number of aromatic nitrogens is 1. The number of amides is 3. The molecule has 2 atom stereocenters. The zero-order chi connectivity index (χ0) is 21.5. The lowest BCUT2D eigenvalue weighted by Crippen LogP contribution is -2.51. The molecule has 1 aromatic carbocycles. The number of nitrogens with zero attached hydrogens (tertiary/aromatic N) is 3. The van der Waals surface area contributed by atoms with Crippen LogP contribution in [0.5, 0.6) is 5.88 Å². The van der Waals surface area contributed by atoms with Crippen molar-refractivity contribution in [1.29, 1.82) is 0 Å². The van der Waals surface area contributed by atoms with E-state index < -0.39 is 0 Å². The molecule has 3 aliphatic heterocycles. The third kappa shape index (κ3) is 3.84. The van der Waals surface area contributed by atoms with Gasteiger partial charge >= 0.3 is 0 Å². The van der Waals surface area contributed by atoms with E-state index >= 15 is 0 Å². The number of carbonyl (C=O) groups excluding carboxylic acids is 3. The minimum absolute atomic E-state index is 0. The first kappa shape index (κ1) is 22.2. The van der Waals surface area contributed by atoms with Crippen LogP contribution in [-0.4, -0.2) is 46.4 Å². The third-order valence-corrected chi connectivity index (χ3v) is 6.32.